The number of hydrogen-bond donors (Lipinski definition) is 1. The van der Waals surface area contributed by atoms with Gasteiger partial charge in [-0.05, 0) is 38.5 Å². The smallest absolute Gasteiger partial charge is 0.193 e. The molecule has 0 aromatic rings. The first-order valence-corrected chi connectivity index (χ1v) is 7.85. The van der Waals surface area contributed by atoms with Gasteiger partial charge in [-0.2, -0.15) is 0 Å². The standard InChI is InChI=1S/C16H33N3O/c1-13-7-9-14(10-8-13)11-19(5)15(17-4)18-12-16(2,3)20-6/h13-14H,7-12H2,1-6H3,(H,17,18). The van der Waals surface area contributed by atoms with E-state index in [4.69, 9.17) is 4.74 Å². The normalized spacial score (nSPS) is 24.6. The van der Waals surface area contributed by atoms with Gasteiger partial charge in [0.15, 0.2) is 5.96 Å². The van der Waals surface area contributed by atoms with Crippen molar-refractivity contribution in [3.8, 4) is 0 Å². The lowest BCUT2D eigenvalue weighted by atomic mass is 9.83. The zero-order valence-corrected chi connectivity index (χ0v) is 14.2. The third kappa shape index (κ3) is 5.70. The number of rotatable bonds is 5. The van der Waals surface area contributed by atoms with Gasteiger partial charge in [0.05, 0.1) is 5.60 Å². The first-order chi connectivity index (χ1) is 9.38. The van der Waals surface area contributed by atoms with E-state index >= 15 is 0 Å². The molecule has 0 radical (unpaired) electrons. The number of ether oxygens (including phenoxy) is 1. The second kappa shape index (κ2) is 7.87. The van der Waals surface area contributed by atoms with Gasteiger partial charge >= 0.3 is 0 Å². The van der Waals surface area contributed by atoms with Crippen LogP contribution in [0.15, 0.2) is 4.99 Å². The summed E-state index contributed by atoms with van der Waals surface area (Å²) in [6.07, 6.45) is 5.46. The molecule has 1 rings (SSSR count). The second-order valence-electron chi connectivity index (χ2n) is 6.87. The molecule has 1 N–H and O–H groups in total. The molecule has 0 heterocycles. The minimum atomic E-state index is -0.170. The number of nitrogens with one attached hydrogen (secondary N) is 1. The summed E-state index contributed by atoms with van der Waals surface area (Å²) in [4.78, 5) is 6.64. The summed E-state index contributed by atoms with van der Waals surface area (Å²) < 4.78 is 5.44. The van der Waals surface area contributed by atoms with Crippen molar-refractivity contribution in [3.63, 3.8) is 0 Å². The van der Waals surface area contributed by atoms with Gasteiger partial charge in [0.25, 0.3) is 0 Å². The van der Waals surface area contributed by atoms with Crippen LogP contribution in [-0.4, -0.2) is 50.8 Å². The summed E-state index contributed by atoms with van der Waals surface area (Å²) >= 11 is 0. The second-order valence-corrected chi connectivity index (χ2v) is 6.87. The molecule has 0 saturated heterocycles. The summed E-state index contributed by atoms with van der Waals surface area (Å²) in [6, 6.07) is 0. The van der Waals surface area contributed by atoms with Crippen LogP contribution in [0.3, 0.4) is 0 Å². The van der Waals surface area contributed by atoms with Gasteiger partial charge in [0.2, 0.25) is 0 Å². The summed E-state index contributed by atoms with van der Waals surface area (Å²) in [7, 11) is 5.73. The zero-order valence-electron chi connectivity index (χ0n) is 14.2. The van der Waals surface area contributed by atoms with Crippen LogP contribution < -0.4 is 5.32 Å². The molecule has 4 heteroatoms. The molecule has 0 bridgehead atoms. The maximum Gasteiger partial charge on any atom is 0.193 e. The van der Waals surface area contributed by atoms with E-state index in [1.165, 1.54) is 25.7 Å². The Morgan fingerprint density at radius 3 is 2.40 bits per heavy atom. The third-order valence-corrected chi connectivity index (χ3v) is 4.47. The molecule has 0 spiro atoms. The highest BCUT2D eigenvalue weighted by molar-refractivity contribution is 5.79. The molecular weight excluding hydrogens is 250 g/mol. The highest BCUT2D eigenvalue weighted by atomic mass is 16.5. The monoisotopic (exact) mass is 283 g/mol. The lowest BCUT2D eigenvalue weighted by Gasteiger charge is -2.32. The van der Waals surface area contributed by atoms with Crippen LogP contribution in [0.2, 0.25) is 0 Å². The van der Waals surface area contributed by atoms with E-state index in [-0.39, 0.29) is 5.60 Å². The van der Waals surface area contributed by atoms with Crippen LogP contribution in [0.4, 0.5) is 0 Å². The van der Waals surface area contributed by atoms with Crippen LogP contribution in [0.5, 0.6) is 0 Å². The van der Waals surface area contributed by atoms with Gasteiger partial charge in [-0.1, -0.05) is 19.8 Å². The summed E-state index contributed by atoms with van der Waals surface area (Å²) in [5.41, 5.74) is -0.170. The van der Waals surface area contributed by atoms with Crippen molar-refractivity contribution in [3.05, 3.63) is 0 Å². The summed E-state index contributed by atoms with van der Waals surface area (Å²) in [5.74, 6) is 2.69. The van der Waals surface area contributed by atoms with E-state index in [1.807, 2.05) is 7.05 Å². The van der Waals surface area contributed by atoms with E-state index in [0.717, 1.165) is 30.9 Å². The van der Waals surface area contributed by atoms with E-state index in [9.17, 15) is 0 Å². The van der Waals surface area contributed by atoms with Gasteiger partial charge in [-0.25, -0.2) is 0 Å². The molecule has 0 amide bonds. The van der Waals surface area contributed by atoms with Crippen LogP contribution in [-0.2, 0) is 4.74 Å². The Morgan fingerprint density at radius 2 is 1.90 bits per heavy atom. The minimum Gasteiger partial charge on any atom is -0.377 e. The Bertz CT molecular complexity index is 307. The molecule has 118 valence electrons. The van der Waals surface area contributed by atoms with Crippen LogP contribution in [0.25, 0.3) is 0 Å². The number of guanidine groups is 1. The number of nitrogens with zero attached hydrogens (tertiary/aromatic N) is 2. The Balaban J connectivity index is 2.41. The van der Waals surface area contributed by atoms with Gasteiger partial charge in [0.1, 0.15) is 0 Å². The quantitative estimate of drug-likeness (QED) is 0.622. The molecule has 0 aliphatic heterocycles. The zero-order chi connectivity index (χ0) is 15.2. The van der Waals surface area contributed by atoms with Crippen molar-refractivity contribution < 1.29 is 4.74 Å². The highest BCUT2D eigenvalue weighted by Gasteiger charge is 2.22. The minimum absolute atomic E-state index is 0.170. The molecule has 0 aromatic heterocycles. The van der Waals surface area contributed by atoms with E-state index in [1.54, 1.807) is 7.11 Å². The van der Waals surface area contributed by atoms with E-state index < -0.39 is 0 Å². The fourth-order valence-electron chi connectivity index (χ4n) is 2.73. The van der Waals surface area contributed by atoms with Crippen molar-refractivity contribution in [1.29, 1.82) is 0 Å². The highest BCUT2D eigenvalue weighted by Crippen LogP contribution is 2.28. The molecular formula is C16H33N3O. The summed E-state index contributed by atoms with van der Waals surface area (Å²) in [6.45, 7) is 8.39. The first-order valence-electron chi connectivity index (χ1n) is 7.85. The van der Waals surface area contributed by atoms with Crippen molar-refractivity contribution in [1.82, 2.24) is 10.2 Å². The Kier molecular flexibility index (Phi) is 6.80. The molecule has 1 saturated carbocycles. The lowest BCUT2D eigenvalue weighted by Crippen LogP contribution is -2.47. The topological polar surface area (TPSA) is 36.9 Å². The van der Waals surface area contributed by atoms with Gasteiger partial charge in [-0.3, -0.25) is 4.99 Å². The van der Waals surface area contributed by atoms with Crippen molar-refractivity contribution in [2.75, 3.05) is 34.3 Å². The van der Waals surface area contributed by atoms with Crippen LogP contribution >= 0.6 is 0 Å². The average Bonchev–Trinajstić information content (AvgIpc) is 2.42. The number of hydrogen-bond acceptors (Lipinski definition) is 2. The van der Waals surface area contributed by atoms with Crippen molar-refractivity contribution >= 4 is 5.96 Å². The largest absolute Gasteiger partial charge is 0.377 e. The lowest BCUT2D eigenvalue weighted by molar-refractivity contribution is 0.0263. The van der Waals surface area contributed by atoms with Crippen LogP contribution in [0.1, 0.15) is 46.5 Å². The molecule has 1 aliphatic rings. The van der Waals surface area contributed by atoms with Crippen molar-refractivity contribution in [2.45, 2.75) is 52.1 Å². The van der Waals surface area contributed by atoms with Crippen LogP contribution in [0, 0.1) is 11.8 Å². The number of methoxy groups -OCH3 is 1. The van der Waals surface area contributed by atoms with Gasteiger partial charge in [0, 0.05) is 34.3 Å². The fraction of sp³-hybridized carbons (Fsp3) is 0.938. The Hall–Kier alpha value is -0.770. The molecule has 0 aromatic carbocycles. The Labute approximate surface area is 125 Å². The average molecular weight is 283 g/mol. The molecule has 0 unspecified atom stereocenters. The predicted molar refractivity (Wildman–Crippen MR) is 86.2 cm³/mol. The third-order valence-electron chi connectivity index (χ3n) is 4.47. The van der Waals surface area contributed by atoms with Crippen molar-refractivity contribution in [2.24, 2.45) is 16.8 Å². The molecule has 1 aliphatic carbocycles. The maximum atomic E-state index is 5.44. The van der Waals surface area contributed by atoms with Gasteiger partial charge < -0.3 is 15.0 Å². The van der Waals surface area contributed by atoms with E-state index in [0.29, 0.717) is 0 Å². The van der Waals surface area contributed by atoms with E-state index in [2.05, 4.69) is 43.0 Å². The SMILES string of the molecule is CN=C(NCC(C)(C)OC)N(C)CC1CCC(C)CC1. The predicted octanol–water partition coefficient (Wildman–Crippen LogP) is 2.74. The molecule has 0 atom stereocenters. The Morgan fingerprint density at radius 1 is 1.30 bits per heavy atom. The number of aliphatic imine (C=N–C) groups is 1. The maximum absolute atomic E-state index is 5.44. The molecule has 20 heavy (non-hydrogen) atoms. The molecule has 4 nitrogen and oxygen atoms in total. The molecule has 1 fully saturated rings. The van der Waals surface area contributed by atoms with Gasteiger partial charge in [-0.15, -0.1) is 0 Å². The summed E-state index contributed by atoms with van der Waals surface area (Å²) in [5, 5.41) is 3.41. The fourth-order valence-corrected chi connectivity index (χ4v) is 2.73. The first kappa shape index (κ1) is 17.3.